The van der Waals surface area contributed by atoms with E-state index < -0.39 is 0 Å². The van der Waals surface area contributed by atoms with Gasteiger partial charge in [-0.3, -0.25) is 9.78 Å². The highest BCUT2D eigenvalue weighted by atomic mass is 19.1. The molecular weight excluding hydrogens is 407 g/mol. The third kappa shape index (κ3) is 3.75. The van der Waals surface area contributed by atoms with Gasteiger partial charge in [-0.15, -0.1) is 0 Å². The lowest BCUT2D eigenvalue weighted by molar-refractivity contribution is -0.110. The minimum absolute atomic E-state index is 0.167. The fourth-order valence-electron chi connectivity index (χ4n) is 4.21. The number of carbonyl (C=O) groups excluding carboxylic acids is 1. The number of fused-ring (bicyclic) bond motifs is 1. The van der Waals surface area contributed by atoms with Gasteiger partial charge in [0.15, 0.2) is 0 Å². The van der Waals surface area contributed by atoms with E-state index in [4.69, 9.17) is 0 Å². The summed E-state index contributed by atoms with van der Waals surface area (Å²) in [6, 6.07) is 10.8. The number of piperazine rings is 1. The summed E-state index contributed by atoms with van der Waals surface area (Å²) in [5.41, 5.74) is 4.39. The van der Waals surface area contributed by atoms with Gasteiger partial charge in [0.1, 0.15) is 11.6 Å². The molecule has 32 heavy (non-hydrogen) atoms. The Kier molecular flexibility index (Phi) is 5.18. The van der Waals surface area contributed by atoms with Gasteiger partial charge in [-0.1, -0.05) is 12.1 Å². The second kappa shape index (κ2) is 8.30. The van der Waals surface area contributed by atoms with Crippen molar-refractivity contribution in [1.82, 2.24) is 9.97 Å². The van der Waals surface area contributed by atoms with Crippen molar-refractivity contribution in [2.45, 2.75) is 6.92 Å². The minimum atomic E-state index is -0.297. The third-order valence-electron chi connectivity index (χ3n) is 5.86. The molecule has 2 aliphatic rings. The lowest BCUT2D eigenvalue weighted by atomic mass is 10.0. The summed E-state index contributed by atoms with van der Waals surface area (Å²) in [5, 5.41) is 5.94. The fraction of sp³-hybridized carbons (Fsp3) is 0.208. The molecular formula is C24H23FN6O. The quantitative estimate of drug-likeness (QED) is 0.616. The Balaban J connectivity index is 1.28. The molecule has 0 radical (unpaired) electrons. The fourth-order valence-corrected chi connectivity index (χ4v) is 4.21. The van der Waals surface area contributed by atoms with Gasteiger partial charge in [-0.25, -0.2) is 9.37 Å². The Morgan fingerprint density at radius 3 is 2.66 bits per heavy atom. The average Bonchev–Trinajstić information content (AvgIpc) is 3.15. The van der Waals surface area contributed by atoms with Crippen LogP contribution in [0.1, 0.15) is 11.1 Å². The summed E-state index contributed by atoms with van der Waals surface area (Å²) in [6.07, 6.45) is 6.72. The van der Waals surface area contributed by atoms with Crippen LogP contribution < -0.4 is 20.4 Å². The van der Waals surface area contributed by atoms with E-state index in [0.717, 1.165) is 35.7 Å². The molecule has 1 fully saturated rings. The van der Waals surface area contributed by atoms with Crippen LogP contribution in [0.4, 0.5) is 27.3 Å². The highest BCUT2D eigenvalue weighted by molar-refractivity contribution is 6.32. The molecule has 0 bridgehead atoms. The second-order valence-corrected chi connectivity index (χ2v) is 7.86. The van der Waals surface area contributed by atoms with Crippen molar-refractivity contribution in [1.29, 1.82) is 0 Å². The molecule has 3 heterocycles. The van der Waals surface area contributed by atoms with Crippen molar-refractivity contribution in [3.8, 4) is 0 Å². The number of hydrogen-bond donors (Lipinski definition) is 2. The largest absolute Gasteiger partial charge is 0.366 e. The number of carbonyl (C=O) groups is 1. The van der Waals surface area contributed by atoms with E-state index in [1.165, 1.54) is 6.07 Å². The van der Waals surface area contributed by atoms with Crippen LogP contribution in [-0.2, 0) is 4.79 Å². The summed E-state index contributed by atoms with van der Waals surface area (Å²) in [6.45, 7) is 4.85. The zero-order valence-corrected chi connectivity index (χ0v) is 17.7. The summed E-state index contributed by atoms with van der Waals surface area (Å²) < 4.78 is 14.9. The van der Waals surface area contributed by atoms with Crippen LogP contribution in [0, 0.1) is 12.7 Å². The lowest BCUT2D eigenvalue weighted by Gasteiger charge is -2.36. The van der Waals surface area contributed by atoms with Gasteiger partial charge in [0.05, 0.1) is 17.5 Å². The molecule has 1 aromatic heterocycles. The van der Waals surface area contributed by atoms with Crippen molar-refractivity contribution in [2.24, 2.45) is 0 Å². The number of halogens is 1. The predicted octanol–water partition coefficient (Wildman–Crippen LogP) is 3.66. The molecule has 7 nitrogen and oxygen atoms in total. The van der Waals surface area contributed by atoms with Gasteiger partial charge in [0.2, 0.25) is 0 Å². The van der Waals surface area contributed by atoms with Crippen molar-refractivity contribution in [2.75, 3.05) is 46.6 Å². The summed E-state index contributed by atoms with van der Waals surface area (Å²) in [4.78, 5) is 25.0. The molecule has 2 aromatic carbocycles. The van der Waals surface area contributed by atoms with Crippen LogP contribution >= 0.6 is 0 Å². The normalized spacial score (nSPS) is 16.8. The number of hydrogen-bond acceptors (Lipinski definition) is 6. The maximum Gasteiger partial charge on any atom is 0.257 e. The topological polar surface area (TPSA) is 73.4 Å². The summed E-state index contributed by atoms with van der Waals surface area (Å²) in [5.74, 6) is 0.377. The van der Waals surface area contributed by atoms with Crippen LogP contribution in [0.2, 0.25) is 0 Å². The van der Waals surface area contributed by atoms with E-state index in [2.05, 4.69) is 25.5 Å². The molecule has 0 saturated carbocycles. The van der Waals surface area contributed by atoms with Gasteiger partial charge < -0.3 is 20.4 Å². The first-order valence-corrected chi connectivity index (χ1v) is 10.5. The predicted molar refractivity (Wildman–Crippen MR) is 124 cm³/mol. The van der Waals surface area contributed by atoms with Crippen LogP contribution in [0.25, 0.3) is 5.57 Å². The molecule has 0 aliphatic carbocycles. The molecule has 0 unspecified atom stereocenters. The van der Waals surface area contributed by atoms with E-state index in [1.54, 1.807) is 30.9 Å². The molecule has 8 heteroatoms. The highest BCUT2D eigenvalue weighted by Gasteiger charge is 2.25. The molecule has 162 valence electrons. The number of aromatic nitrogens is 2. The van der Waals surface area contributed by atoms with E-state index in [1.807, 2.05) is 36.1 Å². The highest BCUT2D eigenvalue weighted by Crippen LogP contribution is 2.34. The number of nitrogens with one attached hydrogen (secondary N) is 2. The number of anilines is 4. The van der Waals surface area contributed by atoms with Crippen LogP contribution in [0.5, 0.6) is 0 Å². The van der Waals surface area contributed by atoms with Gasteiger partial charge in [-0.2, -0.15) is 0 Å². The number of amides is 1. The number of rotatable bonds is 4. The van der Waals surface area contributed by atoms with Crippen LogP contribution in [0.15, 0.2) is 61.2 Å². The van der Waals surface area contributed by atoms with Gasteiger partial charge in [0.25, 0.3) is 5.91 Å². The van der Waals surface area contributed by atoms with Crippen molar-refractivity contribution >= 4 is 34.4 Å². The minimum Gasteiger partial charge on any atom is -0.366 e. The maximum atomic E-state index is 14.9. The zero-order chi connectivity index (χ0) is 22.1. The number of benzene rings is 2. The Morgan fingerprint density at radius 2 is 1.91 bits per heavy atom. The van der Waals surface area contributed by atoms with E-state index in [-0.39, 0.29) is 11.7 Å². The smallest absolute Gasteiger partial charge is 0.257 e. The molecule has 5 rings (SSSR count). The van der Waals surface area contributed by atoms with E-state index in [9.17, 15) is 9.18 Å². The van der Waals surface area contributed by atoms with Crippen LogP contribution in [-0.4, -0.2) is 42.1 Å². The summed E-state index contributed by atoms with van der Waals surface area (Å²) >= 11 is 0. The zero-order valence-electron chi connectivity index (χ0n) is 17.7. The Labute approximate surface area is 185 Å². The average molecular weight is 430 g/mol. The lowest BCUT2D eigenvalue weighted by Crippen LogP contribution is -2.47. The summed E-state index contributed by atoms with van der Waals surface area (Å²) in [7, 11) is 0. The number of nitrogens with zero attached hydrogens (tertiary/aromatic N) is 4. The van der Waals surface area contributed by atoms with Crippen molar-refractivity contribution in [3.05, 3.63) is 78.1 Å². The molecule has 0 spiro atoms. The Hall–Kier alpha value is -3.94. The van der Waals surface area contributed by atoms with Gasteiger partial charge in [-0.05, 0) is 36.8 Å². The monoisotopic (exact) mass is 430 g/mol. The number of aryl methyl sites for hydroxylation is 1. The van der Waals surface area contributed by atoms with E-state index in [0.29, 0.717) is 30.0 Å². The Bertz CT molecular complexity index is 1190. The Morgan fingerprint density at radius 1 is 1.09 bits per heavy atom. The first-order chi connectivity index (χ1) is 15.6. The molecule has 2 aliphatic heterocycles. The molecule has 1 amide bonds. The second-order valence-electron chi connectivity index (χ2n) is 7.86. The molecule has 2 N–H and O–H groups in total. The van der Waals surface area contributed by atoms with E-state index >= 15 is 0 Å². The SMILES string of the molecule is Cc1cccc2c1C(=CNc1ccc(N3CCN(c4cnccn4)CC3)c(F)c1)C(=O)N2. The van der Waals surface area contributed by atoms with Gasteiger partial charge in [0, 0.05) is 61.7 Å². The standard InChI is InChI=1S/C24H23FN6O/c1-16-3-2-4-20-23(16)18(24(32)29-20)14-28-17-5-6-21(19(25)13-17)30-9-11-31(12-10-30)22-15-26-7-8-27-22/h2-8,13-15,28H,9-12H2,1H3,(H,29,32). The maximum absolute atomic E-state index is 14.9. The van der Waals surface area contributed by atoms with Crippen LogP contribution in [0.3, 0.4) is 0 Å². The third-order valence-corrected chi connectivity index (χ3v) is 5.86. The van der Waals surface area contributed by atoms with Crippen molar-refractivity contribution < 1.29 is 9.18 Å². The molecule has 0 atom stereocenters. The van der Waals surface area contributed by atoms with Crippen molar-refractivity contribution in [3.63, 3.8) is 0 Å². The molecule has 3 aromatic rings. The van der Waals surface area contributed by atoms with Gasteiger partial charge >= 0.3 is 0 Å². The first kappa shape index (κ1) is 20.0. The molecule has 1 saturated heterocycles. The first-order valence-electron chi connectivity index (χ1n) is 10.5.